The van der Waals surface area contributed by atoms with E-state index in [-0.39, 0.29) is 17.5 Å². The van der Waals surface area contributed by atoms with E-state index in [1.165, 1.54) is 18.6 Å². The highest BCUT2D eigenvalue weighted by molar-refractivity contribution is 5.93. The van der Waals surface area contributed by atoms with Crippen molar-refractivity contribution in [3.05, 3.63) is 48.6 Å². The molecule has 0 radical (unpaired) electrons. The van der Waals surface area contributed by atoms with Crippen molar-refractivity contribution >= 4 is 12.2 Å². The van der Waals surface area contributed by atoms with Gasteiger partial charge in [-0.2, -0.15) is 0 Å². The third-order valence-corrected chi connectivity index (χ3v) is 2.90. The summed E-state index contributed by atoms with van der Waals surface area (Å²) in [5, 5.41) is 2.66. The Hall–Kier alpha value is -2.30. The van der Waals surface area contributed by atoms with E-state index in [4.69, 9.17) is 0 Å². The molecule has 0 bridgehead atoms. The minimum atomic E-state index is -0.504. The Morgan fingerprint density at radius 2 is 2.37 bits per heavy atom. The zero-order valence-corrected chi connectivity index (χ0v) is 10.4. The molecule has 5 nitrogen and oxygen atoms in total. The monoisotopic (exact) mass is 257 g/mol. The fourth-order valence-corrected chi connectivity index (χ4v) is 1.94. The van der Waals surface area contributed by atoms with E-state index in [1.54, 1.807) is 0 Å². The molecule has 1 aliphatic carbocycles. The van der Waals surface area contributed by atoms with Crippen LogP contribution in [0.25, 0.3) is 0 Å². The number of carbonyl (C=O) groups excluding carboxylic acids is 2. The Morgan fingerprint density at radius 3 is 3.00 bits per heavy atom. The van der Waals surface area contributed by atoms with Gasteiger partial charge >= 0.3 is 0 Å². The Labute approximate surface area is 111 Å². The van der Waals surface area contributed by atoms with Gasteiger partial charge in [-0.3, -0.25) is 9.78 Å². The lowest BCUT2D eigenvalue weighted by molar-refractivity contribution is -0.109. The van der Waals surface area contributed by atoms with E-state index in [2.05, 4.69) is 21.4 Å². The van der Waals surface area contributed by atoms with Crippen LogP contribution in [0.5, 0.6) is 0 Å². The predicted octanol–water partition coefficient (Wildman–Crippen LogP) is 1.30. The molecule has 0 fully saturated rings. The summed E-state index contributed by atoms with van der Waals surface area (Å²) < 4.78 is 0. The third-order valence-electron chi connectivity index (χ3n) is 2.90. The van der Waals surface area contributed by atoms with Crippen molar-refractivity contribution in [1.82, 2.24) is 15.3 Å². The summed E-state index contributed by atoms with van der Waals surface area (Å²) >= 11 is 0. The first-order valence-electron chi connectivity index (χ1n) is 6.15. The van der Waals surface area contributed by atoms with Crippen molar-refractivity contribution in [2.45, 2.75) is 18.9 Å². The lowest BCUT2D eigenvalue weighted by Gasteiger charge is -2.18. The largest absolute Gasteiger partial charge is 0.341 e. The Morgan fingerprint density at radius 1 is 1.47 bits per heavy atom. The molecular weight excluding hydrogens is 242 g/mol. The van der Waals surface area contributed by atoms with Crippen LogP contribution in [-0.4, -0.2) is 28.2 Å². The molecule has 0 spiro atoms. The number of aromatic nitrogens is 2. The Balaban J connectivity index is 1.92. The lowest BCUT2D eigenvalue weighted by Crippen LogP contribution is -2.37. The van der Waals surface area contributed by atoms with E-state index in [0.29, 0.717) is 6.42 Å². The summed E-state index contributed by atoms with van der Waals surface area (Å²) in [5.74, 6) is -0.0945. The van der Waals surface area contributed by atoms with Crippen molar-refractivity contribution in [1.29, 1.82) is 0 Å². The van der Waals surface area contributed by atoms with E-state index in [9.17, 15) is 9.59 Å². The van der Waals surface area contributed by atoms with Crippen LogP contribution in [0.4, 0.5) is 0 Å². The molecule has 0 saturated heterocycles. The van der Waals surface area contributed by atoms with Crippen LogP contribution in [0.3, 0.4) is 0 Å². The fourth-order valence-electron chi connectivity index (χ4n) is 1.94. The van der Waals surface area contributed by atoms with Gasteiger partial charge in [0.1, 0.15) is 12.0 Å². The van der Waals surface area contributed by atoms with Crippen molar-refractivity contribution in [2.75, 3.05) is 0 Å². The quantitative estimate of drug-likeness (QED) is 0.807. The number of allylic oxidation sites excluding steroid dienone is 4. The molecule has 19 heavy (non-hydrogen) atoms. The minimum Gasteiger partial charge on any atom is -0.341 e. The zero-order valence-electron chi connectivity index (χ0n) is 10.4. The first-order chi connectivity index (χ1) is 9.29. The maximum Gasteiger partial charge on any atom is 0.272 e. The van der Waals surface area contributed by atoms with Crippen molar-refractivity contribution in [3.63, 3.8) is 0 Å². The molecule has 98 valence electrons. The van der Waals surface area contributed by atoms with Crippen LogP contribution in [0, 0.1) is 5.92 Å². The SMILES string of the molecule is O=C[C@H](CC1C=CC=CC1)NC(=O)c1cnccn1. The van der Waals surface area contributed by atoms with Gasteiger partial charge in [-0.25, -0.2) is 4.98 Å². The van der Waals surface area contributed by atoms with Crippen molar-refractivity contribution < 1.29 is 9.59 Å². The number of aldehydes is 1. The first kappa shape index (κ1) is 13.1. The summed E-state index contributed by atoms with van der Waals surface area (Å²) in [6.45, 7) is 0. The van der Waals surface area contributed by atoms with Gasteiger partial charge < -0.3 is 10.1 Å². The van der Waals surface area contributed by atoms with Crippen LogP contribution in [0.15, 0.2) is 42.9 Å². The van der Waals surface area contributed by atoms with Gasteiger partial charge in [-0.05, 0) is 18.8 Å². The number of nitrogens with zero attached hydrogens (tertiary/aromatic N) is 2. The number of nitrogens with one attached hydrogen (secondary N) is 1. The highest BCUT2D eigenvalue weighted by atomic mass is 16.2. The number of rotatable bonds is 5. The van der Waals surface area contributed by atoms with Gasteiger partial charge in [0.15, 0.2) is 0 Å². The van der Waals surface area contributed by atoms with Crippen molar-refractivity contribution in [2.24, 2.45) is 5.92 Å². The molecule has 1 aliphatic rings. The second-order valence-electron chi connectivity index (χ2n) is 4.35. The summed E-state index contributed by atoms with van der Waals surface area (Å²) in [5.41, 5.74) is 0.216. The van der Waals surface area contributed by atoms with E-state index in [1.807, 2.05) is 18.2 Å². The molecule has 0 aromatic carbocycles. The van der Waals surface area contributed by atoms with Gasteiger partial charge in [0.05, 0.1) is 12.2 Å². The Bertz CT molecular complexity index is 497. The number of carbonyl (C=O) groups is 2. The maximum atomic E-state index is 11.9. The average molecular weight is 257 g/mol. The number of hydrogen-bond acceptors (Lipinski definition) is 4. The molecule has 2 atom stereocenters. The minimum absolute atomic E-state index is 0.216. The van der Waals surface area contributed by atoms with E-state index < -0.39 is 6.04 Å². The lowest BCUT2D eigenvalue weighted by atomic mass is 9.94. The average Bonchev–Trinajstić information content (AvgIpc) is 2.48. The van der Waals surface area contributed by atoms with Crippen LogP contribution in [0.2, 0.25) is 0 Å². The van der Waals surface area contributed by atoms with Gasteiger partial charge in [-0.15, -0.1) is 0 Å². The van der Waals surface area contributed by atoms with E-state index in [0.717, 1.165) is 12.7 Å². The molecule has 1 aromatic heterocycles. The molecule has 1 N–H and O–H groups in total. The topological polar surface area (TPSA) is 72.0 Å². The normalized spacial score (nSPS) is 18.8. The van der Waals surface area contributed by atoms with E-state index >= 15 is 0 Å². The third kappa shape index (κ3) is 3.84. The van der Waals surface area contributed by atoms with Crippen LogP contribution in [0.1, 0.15) is 23.3 Å². The van der Waals surface area contributed by atoms with Crippen LogP contribution >= 0.6 is 0 Å². The molecule has 0 aliphatic heterocycles. The molecule has 1 heterocycles. The Kier molecular flexibility index (Phi) is 4.55. The van der Waals surface area contributed by atoms with Crippen molar-refractivity contribution in [3.8, 4) is 0 Å². The number of hydrogen-bond donors (Lipinski definition) is 1. The summed E-state index contributed by atoms with van der Waals surface area (Å²) in [7, 11) is 0. The smallest absolute Gasteiger partial charge is 0.272 e. The van der Waals surface area contributed by atoms with Gasteiger partial charge in [0.25, 0.3) is 5.91 Å². The second kappa shape index (κ2) is 6.58. The molecule has 0 saturated carbocycles. The molecular formula is C14H15N3O2. The molecule has 1 unspecified atom stereocenters. The fraction of sp³-hybridized carbons (Fsp3) is 0.286. The first-order valence-corrected chi connectivity index (χ1v) is 6.15. The van der Waals surface area contributed by atoms with Gasteiger partial charge in [0, 0.05) is 12.4 Å². The molecule has 5 heteroatoms. The highest BCUT2D eigenvalue weighted by Gasteiger charge is 2.17. The molecule has 1 aromatic rings. The number of amides is 1. The summed E-state index contributed by atoms with van der Waals surface area (Å²) in [6.07, 6.45) is 14.6. The second-order valence-corrected chi connectivity index (χ2v) is 4.35. The molecule has 2 rings (SSSR count). The molecule has 1 amide bonds. The van der Waals surface area contributed by atoms with Gasteiger partial charge in [-0.1, -0.05) is 24.3 Å². The predicted molar refractivity (Wildman–Crippen MR) is 70.4 cm³/mol. The summed E-state index contributed by atoms with van der Waals surface area (Å²) in [4.78, 5) is 30.6. The zero-order chi connectivity index (χ0) is 13.5. The maximum absolute atomic E-state index is 11.9. The van der Waals surface area contributed by atoms with Crippen LogP contribution in [-0.2, 0) is 4.79 Å². The summed E-state index contributed by atoms with van der Waals surface area (Å²) in [6, 6.07) is -0.504. The standard InChI is InChI=1S/C14H15N3O2/c18-10-12(8-11-4-2-1-3-5-11)17-14(19)13-9-15-6-7-16-13/h1-4,6-7,9-12H,5,8H2,(H,17,19)/t11?,12-/m0/s1. The van der Waals surface area contributed by atoms with Crippen LogP contribution < -0.4 is 5.32 Å². The highest BCUT2D eigenvalue weighted by Crippen LogP contribution is 2.17. The van der Waals surface area contributed by atoms with Gasteiger partial charge in [0.2, 0.25) is 0 Å².